The third-order valence-electron chi connectivity index (χ3n) is 4.73. The van der Waals surface area contributed by atoms with E-state index < -0.39 is 10.0 Å². The van der Waals surface area contributed by atoms with Crippen LogP contribution in [0.15, 0.2) is 48.5 Å². The molecule has 3 rings (SSSR count). The van der Waals surface area contributed by atoms with Crippen molar-refractivity contribution in [2.24, 2.45) is 0 Å². The first-order valence-electron chi connectivity index (χ1n) is 9.00. The van der Waals surface area contributed by atoms with Gasteiger partial charge in [-0.15, -0.1) is 0 Å². The highest BCUT2D eigenvalue weighted by molar-refractivity contribution is 7.93. The molecule has 144 valence electrons. The Morgan fingerprint density at radius 2 is 1.96 bits per heavy atom. The van der Waals surface area contributed by atoms with Gasteiger partial charge < -0.3 is 10.1 Å². The summed E-state index contributed by atoms with van der Waals surface area (Å²) in [5.41, 5.74) is 1.98. The van der Waals surface area contributed by atoms with E-state index in [9.17, 15) is 13.2 Å². The number of methoxy groups -OCH3 is 1. The lowest BCUT2D eigenvalue weighted by Crippen LogP contribution is -2.29. The monoisotopic (exact) mass is 388 g/mol. The maximum absolute atomic E-state index is 12.7. The fraction of sp³-hybridized carbons (Fsp3) is 0.350. The second-order valence-corrected chi connectivity index (χ2v) is 8.51. The van der Waals surface area contributed by atoms with Crippen molar-refractivity contribution in [1.29, 1.82) is 0 Å². The van der Waals surface area contributed by atoms with E-state index in [0.29, 0.717) is 24.2 Å². The molecule has 0 bridgehead atoms. The molecule has 1 N–H and O–H groups in total. The largest absolute Gasteiger partial charge is 0.497 e. The number of amides is 1. The maximum atomic E-state index is 12.7. The molecule has 1 aliphatic heterocycles. The van der Waals surface area contributed by atoms with Crippen molar-refractivity contribution < 1.29 is 17.9 Å². The molecule has 1 atom stereocenters. The smallest absolute Gasteiger partial charge is 0.251 e. The number of carbonyl (C=O) groups excluding carboxylic acids is 1. The number of nitrogens with one attached hydrogen (secondary N) is 1. The average Bonchev–Trinajstić information content (AvgIpc) is 3.05. The highest BCUT2D eigenvalue weighted by atomic mass is 32.2. The molecule has 0 aliphatic carbocycles. The van der Waals surface area contributed by atoms with E-state index in [2.05, 4.69) is 5.32 Å². The molecule has 2 aromatic carbocycles. The Morgan fingerprint density at radius 1 is 1.22 bits per heavy atom. The van der Waals surface area contributed by atoms with Crippen molar-refractivity contribution >= 4 is 21.6 Å². The van der Waals surface area contributed by atoms with E-state index in [0.717, 1.165) is 17.7 Å². The Bertz CT molecular complexity index is 910. The van der Waals surface area contributed by atoms with E-state index in [1.54, 1.807) is 31.4 Å². The SMILES string of the molecule is CCC(NC(=O)c1cccc(N2CCCS2(=O)=O)c1)c1ccc(OC)cc1. The molecule has 1 aliphatic rings. The van der Waals surface area contributed by atoms with Gasteiger partial charge in [-0.3, -0.25) is 9.10 Å². The lowest BCUT2D eigenvalue weighted by molar-refractivity contribution is 0.0935. The van der Waals surface area contributed by atoms with Gasteiger partial charge in [-0.05, 0) is 48.7 Å². The lowest BCUT2D eigenvalue weighted by atomic mass is 10.0. The Kier molecular flexibility index (Phi) is 5.70. The molecule has 0 saturated carbocycles. The van der Waals surface area contributed by atoms with Crippen molar-refractivity contribution in [1.82, 2.24) is 5.32 Å². The predicted octanol–water partition coefficient (Wildman–Crippen LogP) is 3.12. The molecule has 0 spiro atoms. The summed E-state index contributed by atoms with van der Waals surface area (Å²) in [7, 11) is -1.66. The Morgan fingerprint density at radius 3 is 2.56 bits per heavy atom. The average molecular weight is 388 g/mol. The summed E-state index contributed by atoms with van der Waals surface area (Å²) in [5, 5.41) is 3.03. The molecule has 1 fully saturated rings. The number of benzene rings is 2. The maximum Gasteiger partial charge on any atom is 0.251 e. The molecule has 1 unspecified atom stereocenters. The second kappa shape index (κ2) is 8.00. The van der Waals surface area contributed by atoms with Gasteiger partial charge in [-0.25, -0.2) is 8.42 Å². The highest BCUT2D eigenvalue weighted by Crippen LogP contribution is 2.25. The number of sulfonamides is 1. The van der Waals surface area contributed by atoms with Crippen LogP contribution in [0.4, 0.5) is 5.69 Å². The summed E-state index contributed by atoms with van der Waals surface area (Å²) < 4.78 is 30.8. The summed E-state index contributed by atoms with van der Waals surface area (Å²) in [6, 6.07) is 14.2. The van der Waals surface area contributed by atoms with Gasteiger partial charge in [0.25, 0.3) is 5.91 Å². The van der Waals surface area contributed by atoms with Gasteiger partial charge in [0.2, 0.25) is 10.0 Å². The summed E-state index contributed by atoms with van der Waals surface area (Å²) in [6.45, 7) is 2.46. The number of hydrogen-bond acceptors (Lipinski definition) is 4. The minimum atomic E-state index is -3.27. The zero-order valence-electron chi connectivity index (χ0n) is 15.5. The highest BCUT2D eigenvalue weighted by Gasteiger charge is 2.28. The molecule has 1 heterocycles. The Hall–Kier alpha value is -2.54. The summed E-state index contributed by atoms with van der Waals surface area (Å²) in [4.78, 5) is 12.7. The fourth-order valence-electron chi connectivity index (χ4n) is 3.23. The zero-order chi connectivity index (χ0) is 19.4. The van der Waals surface area contributed by atoms with Crippen LogP contribution < -0.4 is 14.4 Å². The minimum Gasteiger partial charge on any atom is -0.497 e. The molecule has 1 saturated heterocycles. The van der Waals surface area contributed by atoms with Crippen LogP contribution in [0.2, 0.25) is 0 Å². The normalized spacial score (nSPS) is 16.7. The standard InChI is InChI=1S/C20H24N2O4S/c1-3-19(15-8-10-18(26-2)11-9-15)21-20(23)16-6-4-7-17(14-16)22-12-5-13-27(22,24)25/h4,6-11,14,19H,3,5,12-13H2,1-2H3,(H,21,23). The van der Waals surface area contributed by atoms with Crippen LogP contribution >= 0.6 is 0 Å². The second-order valence-electron chi connectivity index (χ2n) is 6.50. The number of carbonyl (C=O) groups is 1. The molecule has 0 aromatic heterocycles. The molecular weight excluding hydrogens is 364 g/mol. The number of ether oxygens (including phenoxy) is 1. The fourth-order valence-corrected chi connectivity index (χ4v) is 4.79. The van der Waals surface area contributed by atoms with Gasteiger partial charge >= 0.3 is 0 Å². The van der Waals surface area contributed by atoms with Crippen molar-refractivity contribution in [3.05, 3.63) is 59.7 Å². The van der Waals surface area contributed by atoms with Crippen LogP contribution in [0.5, 0.6) is 5.75 Å². The van der Waals surface area contributed by atoms with Gasteiger partial charge in [-0.2, -0.15) is 0 Å². The minimum absolute atomic E-state index is 0.136. The molecule has 1 amide bonds. The Labute approximate surface area is 160 Å². The number of anilines is 1. The molecule has 6 nitrogen and oxygen atoms in total. The topological polar surface area (TPSA) is 75.7 Å². The molecule has 7 heteroatoms. The number of hydrogen-bond donors (Lipinski definition) is 1. The quantitative estimate of drug-likeness (QED) is 0.825. The van der Waals surface area contributed by atoms with Crippen LogP contribution in [0.25, 0.3) is 0 Å². The first kappa shape index (κ1) is 19.2. The number of nitrogens with zero attached hydrogens (tertiary/aromatic N) is 1. The van der Waals surface area contributed by atoms with E-state index >= 15 is 0 Å². The van der Waals surface area contributed by atoms with Gasteiger partial charge in [0.15, 0.2) is 0 Å². The van der Waals surface area contributed by atoms with Crippen molar-refractivity contribution in [3.8, 4) is 5.75 Å². The van der Waals surface area contributed by atoms with Crippen LogP contribution in [-0.2, 0) is 10.0 Å². The summed E-state index contributed by atoms with van der Waals surface area (Å²) in [5.74, 6) is 0.689. The van der Waals surface area contributed by atoms with Crippen LogP contribution in [0.1, 0.15) is 41.7 Å². The van der Waals surface area contributed by atoms with Crippen LogP contribution in [0.3, 0.4) is 0 Å². The van der Waals surface area contributed by atoms with E-state index in [1.807, 2.05) is 31.2 Å². The number of rotatable bonds is 6. The summed E-state index contributed by atoms with van der Waals surface area (Å²) in [6.07, 6.45) is 1.34. The third kappa shape index (κ3) is 4.24. The third-order valence-corrected chi connectivity index (χ3v) is 6.60. The first-order chi connectivity index (χ1) is 12.9. The summed E-state index contributed by atoms with van der Waals surface area (Å²) >= 11 is 0. The molecule has 27 heavy (non-hydrogen) atoms. The van der Waals surface area contributed by atoms with Crippen molar-refractivity contribution in [3.63, 3.8) is 0 Å². The van der Waals surface area contributed by atoms with Gasteiger partial charge in [0.05, 0.1) is 24.6 Å². The van der Waals surface area contributed by atoms with Crippen LogP contribution in [-0.4, -0.2) is 33.7 Å². The first-order valence-corrected chi connectivity index (χ1v) is 10.6. The van der Waals surface area contributed by atoms with Gasteiger partial charge in [-0.1, -0.05) is 25.1 Å². The zero-order valence-corrected chi connectivity index (χ0v) is 16.3. The van der Waals surface area contributed by atoms with E-state index in [4.69, 9.17) is 4.74 Å². The van der Waals surface area contributed by atoms with Crippen LogP contribution in [0, 0.1) is 0 Å². The van der Waals surface area contributed by atoms with Gasteiger partial charge in [0.1, 0.15) is 5.75 Å². The Balaban J connectivity index is 1.77. The van der Waals surface area contributed by atoms with Gasteiger partial charge in [0, 0.05) is 12.1 Å². The molecule has 0 radical (unpaired) electrons. The van der Waals surface area contributed by atoms with E-state index in [1.165, 1.54) is 4.31 Å². The van der Waals surface area contributed by atoms with E-state index in [-0.39, 0.29) is 17.7 Å². The van der Waals surface area contributed by atoms with Crippen molar-refractivity contribution in [2.45, 2.75) is 25.8 Å². The van der Waals surface area contributed by atoms with Crippen molar-refractivity contribution in [2.75, 3.05) is 23.7 Å². The molecule has 2 aromatic rings. The lowest BCUT2D eigenvalue weighted by Gasteiger charge is -2.20. The predicted molar refractivity (Wildman–Crippen MR) is 106 cm³/mol. The molecular formula is C20H24N2O4S.